The highest BCUT2D eigenvalue weighted by atomic mass is 16.5. The molecule has 0 saturated heterocycles. The van der Waals surface area contributed by atoms with E-state index in [1.54, 1.807) is 24.3 Å². The molecule has 2 amide bonds. The Morgan fingerprint density at radius 1 is 0.897 bits per heavy atom. The third-order valence-electron chi connectivity index (χ3n) is 5.01. The van der Waals surface area contributed by atoms with Crippen LogP contribution in [-0.2, 0) is 9.59 Å². The number of likely N-dealkylation sites (N-methyl/N-ethyl adjacent to an activating group) is 1. The maximum Gasteiger partial charge on any atom is 0.277 e. The molecule has 0 unspecified atom stereocenters. The summed E-state index contributed by atoms with van der Waals surface area (Å²) in [4.78, 5) is 28.8. The molecule has 0 fully saturated rings. The molecule has 1 heterocycles. The molecule has 0 aromatic heterocycles. The largest absolute Gasteiger partial charge is 0.494 e. The number of ether oxygens (including phenoxy) is 1. The van der Waals surface area contributed by atoms with E-state index in [2.05, 4.69) is 24.1 Å². The molecule has 1 aliphatic rings. The van der Waals surface area contributed by atoms with Gasteiger partial charge in [0.05, 0.1) is 12.2 Å². The Hall–Kier alpha value is -3.28. The monoisotopic (exact) mass is 393 g/mol. The summed E-state index contributed by atoms with van der Waals surface area (Å²) < 4.78 is 5.47. The van der Waals surface area contributed by atoms with Crippen LogP contribution < -0.4 is 15.0 Å². The van der Waals surface area contributed by atoms with Gasteiger partial charge in [-0.2, -0.15) is 0 Å². The van der Waals surface area contributed by atoms with Crippen molar-refractivity contribution < 1.29 is 14.3 Å². The lowest BCUT2D eigenvalue weighted by Gasteiger charge is -2.21. The number of anilines is 2. The SMILES string of the molecule is CCOc1ccc(C2=C(Nc3ccc(N(CC)CC)cc3)C(=O)N(C)C2=O)cc1. The van der Waals surface area contributed by atoms with Crippen molar-refractivity contribution in [2.75, 3.05) is 37.0 Å². The van der Waals surface area contributed by atoms with Gasteiger partial charge in [0.1, 0.15) is 11.4 Å². The second-order valence-corrected chi connectivity index (χ2v) is 6.72. The molecule has 0 saturated carbocycles. The van der Waals surface area contributed by atoms with Crippen LogP contribution in [0.1, 0.15) is 26.3 Å². The molecule has 6 nitrogen and oxygen atoms in total. The molecule has 0 radical (unpaired) electrons. The maximum atomic E-state index is 12.7. The van der Waals surface area contributed by atoms with E-state index in [-0.39, 0.29) is 17.5 Å². The molecule has 0 bridgehead atoms. The van der Waals surface area contributed by atoms with Crippen molar-refractivity contribution >= 4 is 28.8 Å². The van der Waals surface area contributed by atoms with E-state index in [0.29, 0.717) is 17.7 Å². The van der Waals surface area contributed by atoms with Gasteiger partial charge in [0.25, 0.3) is 11.8 Å². The average Bonchev–Trinajstić information content (AvgIpc) is 2.95. The standard InChI is InChI=1S/C23H27N3O3/c1-5-26(6-2)18-12-10-17(11-13-18)24-21-20(22(27)25(4)23(21)28)16-8-14-19(15-9-16)29-7-3/h8-15,24H,5-7H2,1-4H3. The van der Waals surface area contributed by atoms with E-state index in [1.165, 1.54) is 7.05 Å². The summed E-state index contributed by atoms with van der Waals surface area (Å²) in [5.41, 5.74) is 3.21. The number of amides is 2. The van der Waals surface area contributed by atoms with Crippen molar-refractivity contribution in [3.63, 3.8) is 0 Å². The van der Waals surface area contributed by atoms with Gasteiger partial charge >= 0.3 is 0 Å². The van der Waals surface area contributed by atoms with Crippen molar-refractivity contribution in [2.24, 2.45) is 0 Å². The summed E-state index contributed by atoms with van der Waals surface area (Å²) in [5.74, 6) is 0.0663. The fraction of sp³-hybridized carbons (Fsp3) is 0.304. The molecule has 0 aliphatic carbocycles. The minimum absolute atomic E-state index is 0.289. The Morgan fingerprint density at radius 2 is 1.52 bits per heavy atom. The van der Waals surface area contributed by atoms with E-state index in [4.69, 9.17) is 4.74 Å². The van der Waals surface area contributed by atoms with Gasteiger partial charge < -0.3 is 15.0 Å². The zero-order chi connectivity index (χ0) is 21.0. The van der Waals surface area contributed by atoms with Gasteiger partial charge in [-0.05, 0) is 62.7 Å². The Kier molecular flexibility index (Phi) is 6.22. The zero-order valence-corrected chi connectivity index (χ0v) is 17.4. The van der Waals surface area contributed by atoms with E-state index in [1.807, 2.05) is 31.2 Å². The number of carbonyl (C=O) groups is 2. The molecular formula is C23H27N3O3. The first-order chi connectivity index (χ1) is 14.0. The number of carbonyl (C=O) groups excluding carboxylic acids is 2. The Labute approximate surface area is 171 Å². The van der Waals surface area contributed by atoms with E-state index in [0.717, 1.165) is 35.1 Å². The first-order valence-electron chi connectivity index (χ1n) is 9.92. The topological polar surface area (TPSA) is 61.9 Å². The summed E-state index contributed by atoms with van der Waals surface area (Å²) in [6.45, 7) is 8.56. The van der Waals surface area contributed by atoms with Crippen molar-refractivity contribution in [1.82, 2.24) is 4.90 Å². The van der Waals surface area contributed by atoms with Crippen LogP contribution in [0.2, 0.25) is 0 Å². The van der Waals surface area contributed by atoms with Crippen molar-refractivity contribution in [1.29, 1.82) is 0 Å². The second-order valence-electron chi connectivity index (χ2n) is 6.72. The lowest BCUT2D eigenvalue weighted by atomic mass is 10.0. The predicted molar refractivity (Wildman–Crippen MR) is 116 cm³/mol. The minimum atomic E-state index is -0.341. The van der Waals surface area contributed by atoms with Gasteiger partial charge in [-0.25, -0.2) is 0 Å². The normalized spacial score (nSPS) is 13.9. The number of nitrogens with zero attached hydrogens (tertiary/aromatic N) is 2. The van der Waals surface area contributed by atoms with Crippen LogP contribution in [0.5, 0.6) is 5.75 Å². The molecule has 2 aromatic rings. The number of hydrogen-bond acceptors (Lipinski definition) is 5. The average molecular weight is 393 g/mol. The van der Waals surface area contributed by atoms with Crippen LogP contribution in [0, 0.1) is 0 Å². The van der Waals surface area contributed by atoms with Gasteiger partial charge in [-0.3, -0.25) is 14.5 Å². The summed E-state index contributed by atoms with van der Waals surface area (Å²) >= 11 is 0. The number of benzene rings is 2. The third-order valence-corrected chi connectivity index (χ3v) is 5.01. The van der Waals surface area contributed by atoms with Crippen LogP contribution in [-0.4, -0.2) is 43.5 Å². The first-order valence-corrected chi connectivity index (χ1v) is 9.92. The smallest absolute Gasteiger partial charge is 0.277 e. The minimum Gasteiger partial charge on any atom is -0.494 e. The molecule has 0 spiro atoms. The van der Waals surface area contributed by atoms with Crippen molar-refractivity contribution in [3.8, 4) is 5.75 Å². The summed E-state index contributed by atoms with van der Waals surface area (Å²) in [6, 6.07) is 15.1. The van der Waals surface area contributed by atoms with E-state index < -0.39 is 0 Å². The van der Waals surface area contributed by atoms with Crippen LogP contribution in [0.3, 0.4) is 0 Å². The fourth-order valence-corrected chi connectivity index (χ4v) is 3.40. The second kappa shape index (κ2) is 8.82. The molecule has 152 valence electrons. The molecule has 6 heteroatoms. The number of nitrogens with one attached hydrogen (secondary N) is 1. The van der Waals surface area contributed by atoms with Crippen LogP contribution >= 0.6 is 0 Å². The Morgan fingerprint density at radius 3 is 2.07 bits per heavy atom. The van der Waals surface area contributed by atoms with Crippen molar-refractivity contribution in [2.45, 2.75) is 20.8 Å². The third kappa shape index (κ3) is 4.11. The van der Waals surface area contributed by atoms with E-state index >= 15 is 0 Å². The van der Waals surface area contributed by atoms with Crippen LogP contribution in [0.25, 0.3) is 5.57 Å². The molecule has 29 heavy (non-hydrogen) atoms. The predicted octanol–water partition coefficient (Wildman–Crippen LogP) is 3.75. The lowest BCUT2D eigenvalue weighted by Crippen LogP contribution is -2.27. The van der Waals surface area contributed by atoms with Gasteiger partial charge in [0.2, 0.25) is 0 Å². The van der Waals surface area contributed by atoms with Crippen LogP contribution in [0.15, 0.2) is 54.2 Å². The Bertz CT molecular complexity index is 913. The number of rotatable bonds is 8. The van der Waals surface area contributed by atoms with E-state index in [9.17, 15) is 9.59 Å². The molecule has 1 N–H and O–H groups in total. The van der Waals surface area contributed by atoms with Gasteiger partial charge in [-0.1, -0.05) is 12.1 Å². The molecule has 1 aliphatic heterocycles. The molecule has 0 atom stereocenters. The molecule has 2 aromatic carbocycles. The Balaban J connectivity index is 1.93. The summed E-state index contributed by atoms with van der Waals surface area (Å²) in [6.07, 6.45) is 0. The maximum absolute atomic E-state index is 12.7. The highest BCUT2D eigenvalue weighted by Gasteiger charge is 2.36. The molecular weight excluding hydrogens is 366 g/mol. The molecule has 3 rings (SSSR count). The zero-order valence-electron chi connectivity index (χ0n) is 17.4. The lowest BCUT2D eigenvalue weighted by molar-refractivity contribution is -0.135. The van der Waals surface area contributed by atoms with Gasteiger partial charge in [0.15, 0.2) is 0 Å². The summed E-state index contributed by atoms with van der Waals surface area (Å²) in [5, 5.41) is 3.16. The quantitative estimate of drug-likeness (QED) is 0.692. The highest BCUT2D eigenvalue weighted by Crippen LogP contribution is 2.31. The van der Waals surface area contributed by atoms with Gasteiger partial charge in [0, 0.05) is 31.5 Å². The highest BCUT2D eigenvalue weighted by molar-refractivity contribution is 6.36. The van der Waals surface area contributed by atoms with Gasteiger partial charge in [-0.15, -0.1) is 0 Å². The fourth-order valence-electron chi connectivity index (χ4n) is 3.40. The first kappa shape index (κ1) is 20.5. The van der Waals surface area contributed by atoms with Crippen LogP contribution in [0.4, 0.5) is 11.4 Å². The number of hydrogen-bond donors (Lipinski definition) is 1. The summed E-state index contributed by atoms with van der Waals surface area (Å²) in [7, 11) is 1.50. The number of imide groups is 1. The van der Waals surface area contributed by atoms with Crippen molar-refractivity contribution in [3.05, 3.63) is 59.8 Å².